The van der Waals surface area contributed by atoms with Crippen molar-refractivity contribution in [3.05, 3.63) is 11.7 Å². The first-order chi connectivity index (χ1) is 8.28. The summed E-state index contributed by atoms with van der Waals surface area (Å²) in [5.74, 6) is 3.27. The van der Waals surface area contributed by atoms with Gasteiger partial charge in [-0.15, -0.1) is 0 Å². The molecular weight excluding hydrogens is 234 g/mol. The Bertz CT molecular complexity index is 342. The van der Waals surface area contributed by atoms with Crippen LogP contribution < -0.4 is 0 Å². The molecule has 17 heavy (non-hydrogen) atoms. The minimum absolute atomic E-state index is 0.796. The Morgan fingerprint density at radius 1 is 1.53 bits per heavy atom. The van der Waals surface area contributed by atoms with Gasteiger partial charge in [-0.05, 0) is 45.0 Å². The van der Waals surface area contributed by atoms with Gasteiger partial charge in [-0.3, -0.25) is 0 Å². The number of likely N-dealkylation sites (tertiary alicyclic amines) is 1. The Hall–Kier alpha value is -0.550. The van der Waals surface area contributed by atoms with Crippen LogP contribution in [0.5, 0.6) is 0 Å². The summed E-state index contributed by atoms with van der Waals surface area (Å²) in [6, 6.07) is 0. The van der Waals surface area contributed by atoms with Gasteiger partial charge >= 0.3 is 0 Å². The zero-order valence-electron chi connectivity index (χ0n) is 10.7. The Balaban J connectivity index is 1.76. The highest BCUT2D eigenvalue weighted by Gasteiger charge is 2.18. The predicted molar refractivity (Wildman–Crippen MR) is 70.1 cm³/mol. The fourth-order valence-corrected chi connectivity index (χ4v) is 2.79. The molecule has 0 saturated carbocycles. The summed E-state index contributed by atoms with van der Waals surface area (Å²) in [5.41, 5.74) is 0. The van der Waals surface area contributed by atoms with Crippen LogP contribution in [0.25, 0.3) is 0 Å². The minimum Gasteiger partial charge on any atom is -0.339 e. The zero-order chi connectivity index (χ0) is 12.1. The van der Waals surface area contributed by atoms with Crippen LogP contribution in [0.1, 0.15) is 31.0 Å². The van der Waals surface area contributed by atoms with Crippen molar-refractivity contribution in [2.24, 2.45) is 5.92 Å². The lowest BCUT2D eigenvalue weighted by molar-refractivity contribution is 0.199. The van der Waals surface area contributed by atoms with Crippen LogP contribution in [0.3, 0.4) is 0 Å². The largest absolute Gasteiger partial charge is 0.339 e. The molecule has 96 valence electrons. The Kier molecular flexibility index (Phi) is 4.86. The molecule has 0 bridgehead atoms. The summed E-state index contributed by atoms with van der Waals surface area (Å²) in [6.45, 7) is 2.46. The molecule has 2 heterocycles. The van der Waals surface area contributed by atoms with E-state index in [0.29, 0.717) is 0 Å². The third-order valence-electron chi connectivity index (χ3n) is 3.27. The number of aryl methyl sites for hydroxylation is 1. The van der Waals surface area contributed by atoms with Crippen LogP contribution in [-0.4, -0.2) is 41.4 Å². The Labute approximate surface area is 107 Å². The van der Waals surface area contributed by atoms with E-state index in [1.165, 1.54) is 32.4 Å². The van der Waals surface area contributed by atoms with Crippen molar-refractivity contribution in [3.8, 4) is 0 Å². The summed E-state index contributed by atoms with van der Waals surface area (Å²) >= 11 is 1.72. The van der Waals surface area contributed by atoms with Crippen molar-refractivity contribution in [1.29, 1.82) is 0 Å². The molecule has 0 amide bonds. The van der Waals surface area contributed by atoms with E-state index in [4.69, 9.17) is 4.52 Å². The highest BCUT2D eigenvalue weighted by Crippen LogP contribution is 2.20. The standard InChI is InChI=1S/C12H21N3OS/c1-15-7-3-4-10(8-15)5-6-12-13-11(9-17-2)14-16-12/h10H,3-9H2,1-2H3. The first-order valence-corrected chi connectivity index (χ1v) is 7.66. The van der Waals surface area contributed by atoms with Crippen LogP contribution in [0.4, 0.5) is 0 Å². The van der Waals surface area contributed by atoms with E-state index in [-0.39, 0.29) is 0 Å². The summed E-state index contributed by atoms with van der Waals surface area (Å²) in [7, 11) is 2.20. The lowest BCUT2D eigenvalue weighted by atomic mass is 9.94. The van der Waals surface area contributed by atoms with Gasteiger partial charge < -0.3 is 9.42 Å². The lowest BCUT2D eigenvalue weighted by Crippen LogP contribution is -2.32. The van der Waals surface area contributed by atoms with Gasteiger partial charge in [-0.2, -0.15) is 16.7 Å². The van der Waals surface area contributed by atoms with Crippen LogP contribution in [0.15, 0.2) is 4.52 Å². The molecule has 2 rings (SSSR count). The SMILES string of the molecule is CSCc1noc(CCC2CCCN(C)C2)n1. The maximum absolute atomic E-state index is 5.25. The molecule has 1 unspecified atom stereocenters. The van der Waals surface area contributed by atoms with E-state index < -0.39 is 0 Å². The van der Waals surface area contributed by atoms with Crippen molar-refractivity contribution >= 4 is 11.8 Å². The van der Waals surface area contributed by atoms with Gasteiger partial charge in [0.2, 0.25) is 5.89 Å². The Morgan fingerprint density at radius 2 is 2.41 bits per heavy atom. The summed E-state index contributed by atoms with van der Waals surface area (Å²) in [6.07, 6.45) is 6.82. The zero-order valence-corrected chi connectivity index (χ0v) is 11.5. The fraction of sp³-hybridized carbons (Fsp3) is 0.833. The van der Waals surface area contributed by atoms with E-state index in [0.717, 1.165) is 29.8 Å². The predicted octanol–water partition coefficient (Wildman–Crippen LogP) is 2.21. The van der Waals surface area contributed by atoms with Gasteiger partial charge in [0.05, 0.1) is 5.75 Å². The van der Waals surface area contributed by atoms with Crippen molar-refractivity contribution in [2.75, 3.05) is 26.4 Å². The van der Waals surface area contributed by atoms with E-state index in [9.17, 15) is 0 Å². The van der Waals surface area contributed by atoms with Crippen molar-refractivity contribution in [2.45, 2.75) is 31.4 Å². The second-order valence-electron chi connectivity index (χ2n) is 4.85. The number of aromatic nitrogens is 2. The van der Waals surface area contributed by atoms with Crippen LogP contribution in [0, 0.1) is 5.92 Å². The molecule has 5 heteroatoms. The normalized spacial score (nSPS) is 21.9. The molecule has 4 nitrogen and oxygen atoms in total. The maximum atomic E-state index is 5.25. The van der Waals surface area contributed by atoms with Crippen LogP contribution >= 0.6 is 11.8 Å². The van der Waals surface area contributed by atoms with E-state index in [1.54, 1.807) is 11.8 Å². The van der Waals surface area contributed by atoms with Gasteiger partial charge in [0.1, 0.15) is 0 Å². The Morgan fingerprint density at radius 3 is 3.18 bits per heavy atom. The number of piperidine rings is 1. The lowest BCUT2D eigenvalue weighted by Gasteiger charge is -2.29. The highest BCUT2D eigenvalue weighted by atomic mass is 32.2. The average molecular weight is 255 g/mol. The molecule has 1 aromatic heterocycles. The van der Waals surface area contributed by atoms with Gasteiger partial charge in [0, 0.05) is 13.0 Å². The van der Waals surface area contributed by atoms with Crippen molar-refractivity contribution in [1.82, 2.24) is 15.0 Å². The first-order valence-electron chi connectivity index (χ1n) is 6.27. The van der Waals surface area contributed by atoms with E-state index in [2.05, 4.69) is 22.1 Å². The number of hydrogen-bond acceptors (Lipinski definition) is 5. The second-order valence-corrected chi connectivity index (χ2v) is 5.71. The van der Waals surface area contributed by atoms with E-state index in [1.807, 2.05) is 6.26 Å². The first kappa shape index (κ1) is 12.9. The fourth-order valence-electron chi connectivity index (χ4n) is 2.42. The summed E-state index contributed by atoms with van der Waals surface area (Å²) < 4.78 is 5.25. The third-order valence-corrected chi connectivity index (χ3v) is 3.82. The maximum Gasteiger partial charge on any atom is 0.226 e. The monoisotopic (exact) mass is 255 g/mol. The molecule has 0 aromatic carbocycles. The topological polar surface area (TPSA) is 42.2 Å². The third kappa shape index (κ3) is 4.00. The van der Waals surface area contributed by atoms with Crippen molar-refractivity contribution in [3.63, 3.8) is 0 Å². The van der Waals surface area contributed by atoms with Crippen LogP contribution in [-0.2, 0) is 12.2 Å². The summed E-state index contributed by atoms with van der Waals surface area (Å²) in [4.78, 5) is 6.81. The van der Waals surface area contributed by atoms with Gasteiger partial charge in [0.15, 0.2) is 5.82 Å². The molecule has 1 aliphatic rings. The molecule has 1 aliphatic heterocycles. The molecule has 1 atom stereocenters. The minimum atomic E-state index is 0.796. The van der Waals surface area contributed by atoms with Gasteiger partial charge in [-0.1, -0.05) is 5.16 Å². The highest BCUT2D eigenvalue weighted by molar-refractivity contribution is 7.97. The second kappa shape index (κ2) is 6.40. The number of thioether (sulfide) groups is 1. The van der Waals surface area contributed by atoms with Crippen LogP contribution in [0.2, 0.25) is 0 Å². The van der Waals surface area contributed by atoms with E-state index >= 15 is 0 Å². The molecule has 1 saturated heterocycles. The number of nitrogens with zero attached hydrogens (tertiary/aromatic N) is 3. The molecule has 1 fully saturated rings. The quantitative estimate of drug-likeness (QED) is 0.807. The molecule has 1 aromatic rings. The average Bonchev–Trinajstić information content (AvgIpc) is 2.75. The molecule has 0 N–H and O–H groups in total. The van der Waals surface area contributed by atoms with Gasteiger partial charge in [-0.25, -0.2) is 0 Å². The smallest absolute Gasteiger partial charge is 0.226 e. The molecule has 0 spiro atoms. The number of hydrogen-bond donors (Lipinski definition) is 0. The van der Waals surface area contributed by atoms with Gasteiger partial charge in [0.25, 0.3) is 0 Å². The number of rotatable bonds is 5. The molecular formula is C12H21N3OS. The molecule has 0 aliphatic carbocycles. The molecule has 0 radical (unpaired) electrons. The van der Waals surface area contributed by atoms with Crippen molar-refractivity contribution < 1.29 is 4.52 Å². The summed E-state index contributed by atoms with van der Waals surface area (Å²) in [5, 5.41) is 3.97.